The van der Waals surface area contributed by atoms with Crippen LogP contribution in [0.25, 0.3) is 0 Å². The molecule has 0 unspecified atom stereocenters. The Morgan fingerprint density at radius 2 is 1.32 bits per heavy atom. The lowest BCUT2D eigenvalue weighted by molar-refractivity contribution is 0.0985. The fraction of sp³-hybridized carbons (Fsp3) is 0.0500. The first kappa shape index (κ1) is 17.5. The number of carbonyl (C=O) groups excluding carboxylic acids is 1. The van der Waals surface area contributed by atoms with Gasteiger partial charge in [0.2, 0.25) is 0 Å². The molecular weight excluding hydrogens is 435 g/mol. The van der Waals surface area contributed by atoms with Gasteiger partial charge in [0.1, 0.15) is 11.6 Å². The normalized spacial score (nSPS) is 10.5. The van der Waals surface area contributed by atoms with Gasteiger partial charge in [-0.05, 0) is 88.8 Å². The van der Waals surface area contributed by atoms with Crippen LogP contribution in [0, 0.1) is 15.2 Å². The number of carbonyl (C=O) groups is 1. The molecular formula is C20H14F2INO. The van der Waals surface area contributed by atoms with Crippen LogP contribution >= 0.6 is 22.6 Å². The highest BCUT2D eigenvalue weighted by molar-refractivity contribution is 14.1. The zero-order valence-corrected chi connectivity index (χ0v) is 15.3. The third-order valence-corrected chi connectivity index (χ3v) is 4.45. The van der Waals surface area contributed by atoms with E-state index in [9.17, 15) is 13.6 Å². The van der Waals surface area contributed by atoms with E-state index < -0.39 is 5.82 Å². The number of rotatable bonds is 4. The van der Waals surface area contributed by atoms with Gasteiger partial charge in [-0.1, -0.05) is 12.1 Å². The maximum absolute atomic E-state index is 13.1. The van der Waals surface area contributed by atoms with Gasteiger partial charge in [0.15, 0.2) is 0 Å². The van der Waals surface area contributed by atoms with E-state index >= 15 is 0 Å². The summed E-state index contributed by atoms with van der Waals surface area (Å²) < 4.78 is 27.3. The second kappa shape index (κ2) is 7.74. The molecule has 3 rings (SSSR count). The molecule has 0 spiro atoms. The zero-order chi connectivity index (χ0) is 17.8. The topological polar surface area (TPSA) is 20.3 Å². The van der Waals surface area contributed by atoms with Crippen molar-refractivity contribution in [3.63, 3.8) is 0 Å². The van der Waals surface area contributed by atoms with Crippen molar-refractivity contribution in [2.45, 2.75) is 6.54 Å². The second-order valence-corrected chi connectivity index (χ2v) is 6.75. The van der Waals surface area contributed by atoms with E-state index in [-0.39, 0.29) is 18.3 Å². The molecule has 0 saturated carbocycles. The van der Waals surface area contributed by atoms with E-state index in [0.29, 0.717) is 5.56 Å². The van der Waals surface area contributed by atoms with E-state index in [1.165, 1.54) is 36.4 Å². The van der Waals surface area contributed by atoms with Gasteiger partial charge >= 0.3 is 0 Å². The molecule has 0 aliphatic heterocycles. The van der Waals surface area contributed by atoms with Gasteiger partial charge in [0, 0.05) is 14.8 Å². The lowest BCUT2D eigenvalue weighted by Crippen LogP contribution is -2.30. The fourth-order valence-corrected chi connectivity index (χ4v) is 2.78. The fourth-order valence-electron chi connectivity index (χ4n) is 2.42. The molecule has 0 aliphatic carbocycles. The Morgan fingerprint density at radius 3 is 1.88 bits per heavy atom. The van der Waals surface area contributed by atoms with Crippen molar-refractivity contribution in [2.24, 2.45) is 0 Å². The Bertz CT molecular complexity index is 862. The Balaban J connectivity index is 1.95. The average Bonchev–Trinajstić information content (AvgIpc) is 2.62. The summed E-state index contributed by atoms with van der Waals surface area (Å²) in [6.07, 6.45) is 0. The van der Waals surface area contributed by atoms with E-state index in [2.05, 4.69) is 22.6 Å². The van der Waals surface area contributed by atoms with Crippen LogP contribution < -0.4 is 4.90 Å². The van der Waals surface area contributed by atoms with Crippen molar-refractivity contribution in [1.29, 1.82) is 0 Å². The molecule has 5 heteroatoms. The lowest BCUT2D eigenvalue weighted by Gasteiger charge is -2.23. The summed E-state index contributed by atoms with van der Waals surface area (Å²) >= 11 is 2.19. The standard InChI is InChI=1S/C20H14F2INO/c21-16-5-1-14(2-6-16)13-24(19-11-9-18(23)10-12-19)20(25)15-3-7-17(22)8-4-15/h1-12H,13H2. The van der Waals surface area contributed by atoms with Crippen molar-refractivity contribution >= 4 is 34.2 Å². The summed E-state index contributed by atoms with van der Waals surface area (Å²) in [7, 11) is 0. The number of halogens is 3. The number of hydrogen-bond acceptors (Lipinski definition) is 1. The monoisotopic (exact) mass is 449 g/mol. The first-order chi connectivity index (χ1) is 12.0. The Hall–Kier alpha value is -2.28. The van der Waals surface area contributed by atoms with Crippen LogP contribution in [0.1, 0.15) is 15.9 Å². The average molecular weight is 449 g/mol. The molecule has 0 aromatic heterocycles. The maximum atomic E-state index is 13.1. The molecule has 0 heterocycles. The third-order valence-electron chi connectivity index (χ3n) is 3.73. The third kappa shape index (κ3) is 4.42. The number of anilines is 1. The maximum Gasteiger partial charge on any atom is 0.258 e. The molecule has 126 valence electrons. The second-order valence-electron chi connectivity index (χ2n) is 5.50. The van der Waals surface area contributed by atoms with Gasteiger partial charge in [-0.3, -0.25) is 4.79 Å². The molecule has 3 aromatic rings. The summed E-state index contributed by atoms with van der Waals surface area (Å²) in [5.74, 6) is -0.962. The Morgan fingerprint density at radius 1 is 0.800 bits per heavy atom. The van der Waals surface area contributed by atoms with Crippen LogP contribution in [0.4, 0.5) is 14.5 Å². The van der Waals surface area contributed by atoms with E-state index in [4.69, 9.17) is 0 Å². The zero-order valence-electron chi connectivity index (χ0n) is 13.1. The molecule has 0 radical (unpaired) electrons. The van der Waals surface area contributed by atoms with Gasteiger partial charge in [-0.15, -0.1) is 0 Å². The molecule has 0 N–H and O–H groups in total. The van der Waals surface area contributed by atoms with Crippen molar-refractivity contribution in [1.82, 2.24) is 0 Å². The van der Waals surface area contributed by atoms with Gasteiger partial charge in [-0.2, -0.15) is 0 Å². The Kier molecular flexibility index (Phi) is 5.43. The predicted octanol–water partition coefficient (Wildman–Crippen LogP) is 5.42. The van der Waals surface area contributed by atoms with Crippen LogP contribution in [-0.4, -0.2) is 5.91 Å². The van der Waals surface area contributed by atoms with Crippen LogP contribution in [0.5, 0.6) is 0 Å². The van der Waals surface area contributed by atoms with Crippen molar-refractivity contribution in [3.05, 3.63) is 99.1 Å². The van der Waals surface area contributed by atoms with Gasteiger partial charge < -0.3 is 4.90 Å². The number of hydrogen-bond donors (Lipinski definition) is 0. The molecule has 0 fully saturated rings. The molecule has 3 aromatic carbocycles. The van der Waals surface area contributed by atoms with Gasteiger partial charge in [-0.25, -0.2) is 8.78 Å². The van der Waals surface area contributed by atoms with Crippen molar-refractivity contribution in [2.75, 3.05) is 4.90 Å². The first-order valence-corrected chi connectivity index (χ1v) is 8.68. The minimum Gasteiger partial charge on any atom is -0.304 e. The highest BCUT2D eigenvalue weighted by Gasteiger charge is 2.18. The summed E-state index contributed by atoms with van der Waals surface area (Å²) in [6.45, 7) is 0.289. The predicted molar refractivity (Wildman–Crippen MR) is 102 cm³/mol. The van der Waals surface area contributed by atoms with Crippen LogP contribution in [0.3, 0.4) is 0 Å². The molecule has 0 bridgehead atoms. The lowest BCUT2D eigenvalue weighted by atomic mass is 10.1. The molecule has 0 atom stereocenters. The largest absolute Gasteiger partial charge is 0.304 e. The minimum atomic E-state index is -0.393. The highest BCUT2D eigenvalue weighted by Crippen LogP contribution is 2.22. The number of nitrogens with zero attached hydrogens (tertiary/aromatic N) is 1. The SMILES string of the molecule is O=C(c1ccc(F)cc1)N(Cc1ccc(F)cc1)c1ccc(I)cc1. The Labute approximate surface area is 158 Å². The van der Waals surface area contributed by atoms with Gasteiger partial charge in [0.25, 0.3) is 5.91 Å². The molecule has 0 aliphatic rings. The van der Waals surface area contributed by atoms with Crippen LogP contribution in [0.15, 0.2) is 72.8 Å². The molecule has 25 heavy (non-hydrogen) atoms. The van der Waals surface area contributed by atoms with Crippen molar-refractivity contribution < 1.29 is 13.6 Å². The molecule has 0 saturated heterocycles. The summed E-state index contributed by atoms with van der Waals surface area (Å²) in [6, 6.07) is 19.0. The summed E-state index contributed by atoms with van der Waals surface area (Å²) in [4.78, 5) is 14.5. The number of benzene rings is 3. The minimum absolute atomic E-state index is 0.245. The van der Waals surface area contributed by atoms with E-state index in [1.54, 1.807) is 17.0 Å². The van der Waals surface area contributed by atoms with Crippen LogP contribution in [-0.2, 0) is 6.54 Å². The van der Waals surface area contributed by atoms with Crippen molar-refractivity contribution in [3.8, 4) is 0 Å². The molecule has 2 nitrogen and oxygen atoms in total. The van der Waals surface area contributed by atoms with Crippen LogP contribution in [0.2, 0.25) is 0 Å². The smallest absolute Gasteiger partial charge is 0.258 e. The quantitative estimate of drug-likeness (QED) is 0.488. The number of amides is 1. The first-order valence-electron chi connectivity index (χ1n) is 7.60. The summed E-state index contributed by atoms with van der Waals surface area (Å²) in [5.41, 5.74) is 1.91. The highest BCUT2D eigenvalue weighted by atomic mass is 127. The molecule has 1 amide bonds. The van der Waals surface area contributed by atoms with E-state index in [0.717, 1.165) is 14.8 Å². The van der Waals surface area contributed by atoms with E-state index in [1.807, 2.05) is 24.3 Å². The summed E-state index contributed by atoms with van der Waals surface area (Å²) in [5, 5.41) is 0. The van der Waals surface area contributed by atoms with Gasteiger partial charge in [0.05, 0.1) is 6.54 Å².